The van der Waals surface area contributed by atoms with Crippen molar-refractivity contribution in [3.05, 3.63) is 60.6 Å². The van der Waals surface area contributed by atoms with Crippen molar-refractivity contribution in [1.29, 1.82) is 0 Å². The smallest absolute Gasteiger partial charge is 0.253 e. The molecule has 5 rings (SSSR count). The van der Waals surface area contributed by atoms with Gasteiger partial charge in [0, 0.05) is 37.8 Å². The number of piperidine rings is 1. The Bertz CT molecular complexity index is 1560. The summed E-state index contributed by atoms with van der Waals surface area (Å²) in [6.45, 7) is 1.01. The topological polar surface area (TPSA) is 137 Å². The molecule has 12 heteroatoms. The summed E-state index contributed by atoms with van der Waals surface area (Å²) in [5.74, 6) is 0.502. The van der Waals surface area contributed by atoms with E-state index in [1.54, 1.807) is 34.0 Å². The maximum absolute atomic E-state index is 12.9. The number of phenolic OH excluding ortho intramolecular Hbond substituents is 1. The number of hydrogen-bond acceptors (Lipinski definition) is 9. The molecule has 3 heterocycles. The van der Waals surface area contributed by atoms with Gasteiger partial charge in [0.05, 0.1) is 23.9 Å². The fourth-order valence-corrected chi connectivity index (χ4v) is 4.90. The number of carbonyl (C=O) groups excluding carboxylic acids is 1. The Kier molecular flexibility index (Phi) is 6.42. The molecule has 0 aliphatic carbocycles. The number of aromatic nitrogens is 4. The van der Waals surface area contributed by atoms with Crippen molar-refractivity contribution in [3.63, 3.8) is 0 Å². The van der Waals surface area contributed by atoms with Gasteiger partial charge in [0.1, 0.15) is 17.8 Å². The van der Waals surface area contributed by atoms with Gasteiger partial charge in [-0.25, -0.2) is 23.1 Å². The highest BCUT2D eigenvalue weighted by atomic mass is 32.2. The number of nitrogens with zero attached hydrogens (tertiary/aromatic N) is 5. The molecule has 0 unspecified atom stereocenters. The number of methoxy groups -OCH3 is 1. The second kappa shape index (κ2) is 9.69. The van der Waals surface area contributed by atoms with Gasteiger partial charge in [-0.05, 0) is 42.5 Å². The van der Waals surface area contributed by atoms with Crippen LogP contribution in [0.25, 0.3) is 16.7 Å². The Morgan fingerprint density at radius 1 is 1.08 bits per heavy atom. The predicted octanol–water partition coefficient (Wildman–Crippen LogP) is 2.62. The number of aromatic hydroxyl groups is 1. The molecule has 11 nitrogen and oxygen atoms in total. The molecule has 1 N–H and O–H groups in total. The van der Waals surface area contributed by atoms with Gasteiger partial charge in [0.25, 0.3) is 5.91 Å². The SMILES string of the molecule is COc1cc(C(=O)N2CCC(Oc3ncnc4c3cnn4-c3ccc(S(C)(=O)=O)cc3)CC2)ccc1O. The van der Waals surface area contributed by atoms with Gasteiger partial charge in [-0.3, -0.25) is 4.79 Å². The minimum atomic E-state index is -3.30. The molecule has 4 aromatic rings. The Morgan fingerprint density at radius 2 is 1.81 bits per heavy atom. The van der Waals surface area contributed by atoms with Crippen LogP contribution in [0.2, 0.25) is 0 Å². The minimum absolute atomic E-state index is 0.0171. The Hall–Kier alpha value is -4.19. The van der Waals surface area contributed by atoms with Gasteiger partial charge < -0.3 is 19.5 Å². The molecule has 1 aliphatic rings. The lowest BCUT2D eigenvalue weighted by Gasteiger charge is -2.32. The zero-order valence-electron chi connectivity index (χ0n) is 20.2. The third-order valence-electron chi connectivity index (χ3n) is 6.27. The number of sulfone groups is 1. The van der Waals surface area contributed by atoms with Crippen molar-refractivity contribution in [2.45, 2.75) is 23.8 Å². The van der Waals surface area contributed by atoms with Gasteiger partial charge >= 0.3 is 0 Å². The van der Waals surface area contributed by atoms with E-state index in [0.717, 1.165) is 6.26 Å². The number of rotatable bonds is 6. The van der Waals surface area contributed by atoms with Crippen LogP contribution in [0.15, 0.2) is 59.9 Å². The van der Waals surface area contributed by atoms with E-state index in [9.17, 15) is 18.3 Å². The van der Waals surface area contributed by atoms with Crippen LogP contribution in [-0.4, -0.2) is 76.6 Å². The Morgan fingerprint density at radius 3 is 2.49 bits per heavy atom. The molecule has 1 aliphatic heterocycles. The van der Waals surface area contributed by atoms with E-state index in [1.807, 2.05) is 0 Å². The molecule has 0 bridgehead atoms. The lowest BCUT2D eigenvalue weighted by molar-refractivity contribution is 0.0590. The highest BCUT2D eigenvalue weighted by molar-refractivity contribution is 7.90. The van der Waals surface area contributed by atoms with E-state index in [1.165, 1.54) is 37.7 Å². The molecule has 0 spiro atoms. The van der Waals surface area contributed by atoms with E-state index in [-0.39, 0.29) is 28.4 Å². The number of benzene rings is 2. The molecule has 1 saturated heterocycles. The summed E-state index contributed by atoms with van der Waals surface area (Å²) in [7, 11) is -1.86. The van der Waals surface area contributed by atoms with Gasteiger partial charge in [0.2, 0.25) is 5.88 Å². The molecule has 0 radical (unpaired) electrons. The average Bonchev–Trinajstić information content (AvgIpc) is 3.34. The molecule has 37 heavy (non-hydrogen) atoms. The Labute approximate surface area is 213 Å². The third kappa shape index (κ3) is 4.92. The normalized spacial score (nSPS) is 14.6. The zero-order chi connectivity index (χ0) is 26.2. The summed E-state index contributed by atoms with van der Waals surface area (Å²) < 4.78 is 36.4. The maximum atomic E-state index is 12.9. The molecular weight excluding hydrogens is 498 g/mol. The molecule has 0 saturated carbocycles. The monoisotopic (exact) mass is 523 g/mol. The zero-order valence-corrected chi connectivity index (χ0v) is 21.1. The number of fused-ring (bicyclic) bond motifs is 1. The van der Waals surface area contributed by atoms with E-state index in [2.05, 4.69) is 15.1 Å². The summed E-state index contributed by atoms with van der Waals surface area (Å²) in [5, 5.41) is 14.8. The van der Waals surface area contributed by atoms with Crippen LogP contribution in [0.3, 0.4) is 0 Å². The van der Waals surface area contributed by atoms with E-state index in [4.69, 9.17) is 9.47 Å². The number of carbonyl (C=O) groups is 1. The average molecular weight is 524 g/mol. The number of ether oxygens (including phenoxy) is 2. The largest absolute Gasteiger partial charge is 0.504 e. The molecule has 2 aromatic heterocycles. The van der Waals surface area contributed by atoms with Gasteiger partial charge in [-0.1, -0.05) is 0 Å². The fourth-order valence-electron chi connectivity index (χ4n) is 4.27. The van der Waals surface area contributed by atoms with Gasteiger partial charge in [0.15, 0.2) is 27.0 Å². The summed E-state index contributed by atoms with van der Waals surface area (Å²) in [4.78, 5) is 23.5. The molecule has 192 valence electrons. The van der Waals surface area contributed by atoms with Crippen molar-refractivity contribution in [1.82, 2.24) is 24.6 Å². The van der Waals surface area contributed by atoms with Crippen LogP contribution >= 0.6 is 0 Å². The highest BCUT2D eigenvalue weighted by Gasteiger charge is 2.26. The number of likely N-dealkylation sites (tertiary alicyclic amines) is 1. The van der Waals surface area contributed by atoms with Crippen molar-refractivity contribution >= 4 is 26.8 Å². The summed E-state index contributed by atoms with van der Waals surface area (Å²) in [6, 6.07) is 10.9. The second-order valence-corrected chi connectivity index (χ2v) is 10.8. The van der Waals surface area contributed by atoms with Crippen LogP contribution in [0.5, 0.6) is 17.4 Å². The third-order valence-corrected chi connectivity index (χ3v) is 7.40. The van der Waals surface area contributed by atoms with Gasteiger partial charge in [-0.2, -0.15) is 5.10 Å². The molecule has 1 amide bonds. The van der Waals surface area contributed by atoms with E-state index < -0.39 is 9.84 Å². The lowest BCUT2D eigenvalue weighted by atomic mass is 10.1. The summed E-state index contributed by atoms with van der Waals surface area (Å²) in [5.41, 5.74) is 1.64. The quantitative estimate of drug-likeness (QED) is 0.404. The summed E-state index contributed by atoms with van der Waals surface area (Å²) in [6.07, 6.45) is 5.27. The van der Waals surface area contributed by atoms with Crippen LogP contribution < -0.4 is 9.47 Å². The van der Waals surface area contributed by atoms with Crippen LogP contribution in [0.1, 0.15) is 23.2 Å². The van der Waals surface area contributed by atoms with E-state index in [0.29, 0.717) is 54.1 Å². The summed E-state index contributed by atoms with van der Waals surface area (Å²) >= 11 is 0. The maximum Gasteiger partial charge on any atom is 0.253 e. The van der Waals surface area contributed by atoms with Gasteiger partial charge in [-0.15, -0.1) is 0 Å². The van der Waals surface area contributed by atoms with E-state index >= 15 is 0 Å². The first-order valence-corrected chi connectivity index (χ1v) is 13.5. The highest BCUT2D eigenvalue weighted by Crippen LogP contribution is 2.29. The first-order chi connectivity index (χ1) is 17.7. The first kappa shape index (κ1) is 24.5. The molecular formula is C25H25N5O6S. The number of phenols is 1. The minimum Gasteiger partial charge on any atom is -0.504 e. The predicted molar refractivity (Wildman–Crippen MR) is 134 cm³/mol. The van der Waals surface area contributed by atoms with Crippen molar-refractivity contribution in [2.75, 3.05) is 26.5 Å². The lowest BCUT2D eigenvalue weighted by Crippen LogP contribution is -2.41. The molecule has 0 atom stereocenters. The molecule has 1 fully saturated rings. The second-order valence-electron chi connectivity index (χ2n) is 8.73. The van der Waals surface area contributed by atoms with Crippen molar-refractivity contribution < 1.29 is 27.8 Å². The number of hydrogen-bond donors (Lipinski definition) is 1. The standard InChI is InChI=1S/C25H25N5O6S/c1-35-22-13-16(3-8-21(22)31)25(32)29-11-9-18(10-12-29)36-24-20-14-28-30(23(20)26-15-27-24)17-4-6-19(7-5-17)37(2,33)34/h3-8,13-15,18,31H,9-12H2,1-2H3. The van der Waals surface area contributed by atoms with Crippen molar-refractivity contribution in [2.24, 2.45) is 0 Å². The van der Waals surface area contributed by atoms with Crippen molar-refractivity contribution in [3.8, 4) is 23.1 Å². The van der Waals surface area contributed by atoms with Crippen LogP contribution in [0, 0.1) is 0 Å². The molecule has 2 aromatic carbocycles. The van der Waals surface area contributed by atoms with Crippen LogP contribution in [-0.2, 0) is 9.84 Å². The number of amides is 1. The first-order valence-electron chi connectivity index (χ1n) is 11.6. The fraction of sp³-hybridized carbons (Fsp3) is 0.280. The van der Waals surface area contributed by atoms with Crippen LogP contribution in [0.4, 0.5) is 0 Å². The Balaban J connectivity index is 1.28.